The van der Waals surface area contributed by atoms with Crippen LogP contribution in [-0.2, 0) is 4.79 Å². The fraction of sp³-hybridized carbons (Fsp3) is 0.875. The molecule has 0 aliphatic carbocycles. The summed E-state index contributed by atoms with van der Waals surface area (Å²) in [5.74, 6) is 0.210. The molecule has 70 valence electrons. The highest BCUT2D eigenvalue weighted by Gasteiger charge is 2.20. The van der Waals surface area contributed by atoms with Gasteiger partial charge in [-0.25, -0.2) is 5.43 Å². The van der Waals surface area contributed by atoms with Gasteiger partial charge in [-0.2, -0.15) is 11.8 Å². The van der Waals surface area contributed by atoms with Crippen molar-refractivity contribution < 1.29 is 4.79 Å². The molecule has 12 heavy (non-hydrogen) atoms. The SMILES string of the molecule is CSC(C)C(=O)N1CCCCN1. The van der Waals surface area contributed by atoms with Gasteiger partial charge < -0.3 is 0 Å². The summed E-state index contributed by atoms with van der Waals surface area (Å²) < 4.78 is 0. The van der Waals surface area contributed by atoms with Crippen LogP contribution in [0.5, 0.6) is 0 Å². The number of thioether (sulfide) groups is 1. The van der Waals surface area contributed by atoms with Crippen LogP contribution in [0.15, 0.2) is 0 Å². The van der Waals surface area contributed by atoms with Crippen LogP contribution in [0.4, 0.5) is 0 Å². The molecule has 1 aliphatic rings. The quantitative estimate of drug-likeness (QED) is 0.698. The van der Waals surface area contributed by atoms with E-state index in [1.807, 2.05) is 13.2 Å². The molecule has 1 N–H and O–H groups in total. The zero-order valence-electron chi connectivity index (χ0n) is 7.67. The van der Waals surface area contributed by atoms with Gasteiger partial charge in [0.15, 0.2) is 0 Å². The van der Waals surface area contributed by atoms with E-state index in [0.717, 1.165) is 19.5 Å². The third-order valence-corrected chi connectivity index (χ3v) is 2.99. The maximum atomic E-state index is 11.6. The van der Waals surface area contributed by atoms with Crippen molar-refractivity contribution >= 4 is 17.7 Å². The molecule has 0 bridgehead atoms. The molecule has 0 aromatic rings. The maximum Gasteiger partial charge on any atom is 0.249 e. The Hall–Kier alpha value is -0.220. The lowest BCUT2D eigenvalue weighted by Crippen LogP contribution is -2.49. The summed E-state index contributed by atoms with van der Waals surface area (Å²) >= 11 is 1.60. The van der Waals surface area contributed by atoms with E-state index in [2.05, 4.69) is 5.43 Å². The molecule has 0 aromatic carbocycles. The van der Waals surface area contributed by atoms with Crippen LogP contribution in [0, 0.1) is 0 Å². The lowest BCUT2D eigenvalue weighted by atomic mass is 10.2. The first-order chi connectivity index (χ1) is 5.75. The Bertz CT molecular complexity index is 157. The average Bonchev–Trinajstić information content (AvgIpc) is 2.17. The maximum absolute atomic E-state index is 11.6. The number of nitrogens with zero attached hydrogens (tertiary/aromatic N) is 1. The third kappa shape index (κ3) is 2.38. The van der Waals surface area contributed by atoms with Gasteiger partial charge in [-0.15, -0.1) is 0 Å². The summed E-state index contributed by atoms with van der Waals surface area (Å²) in [6.07, 6.45) is 4.27. The highest BCUT2D eigenvalue weighted by Crippen LogP contribution is 2.10. The van der Waals surface area contributed by atoms with Crippen molar-refractivity contribution in [3.63, 3.8) is 0 Å². The summed E-state index contributed by atoms with van der Waals surface area (Å²) in [4.78, 5) is 11.6. The van der Waals surface area contributed by atoms with Gasteiger partial charge >= 0.3 is 0 Å². The van der Waals surface area contributed by atoms with Gasteiger partial charge in [0.2, 0.25) is 5.91 Å². The van der Waals surface area contributed by atoms with Gasteiger partial charge in [0, 0.05) is 13.1 Å². The van der Waals surface area contributed by atoms with Crippen LogP contribution < -0.4 is 5.43 Å². The van der Waals surface area contributed by atoms with E-state index in [-0.39, 0.29) is 11.2 Å². The molecule has 1 unspecified atom stereocenters. The number of carbonyl (C=O) groups is 1. The molecule has 0 spiro atoms. The van der Waals surface area contributed by atoms with Crippen molar-refractivity contribution in [2.75, 3.05) is 19.3 Å². The largest absolute Gasteiger partial charge is 0.277 e. The molecular formula is C8H16N2OS. The number of hydrazine groups is 1. The molecule has 1 atom stereocenters. The second kappa shape index (κ2) is 4.72. The predicted octanol–water partition coefficient (Wildman–Crippen LogP) is 0.865. The second-order valence-electron chi connectivity index (χ2n) is 2.98. The van der Waals surface area contributed by atoms with E-state index >= 15 is 0 Å². The number of hydrogen-bond acceptors (Lipinski definition) is 3. The number of nitrogens with one attached hydrogen (secondary N) is 1. The fourth-order valence-corrected chi connectivity index (χ4v) is 1.53. The van der Waals surface area contributed by atoms with Gasteiger partial charge in [0.1, 0.15) is 0 Å². The summed E-state index contributed by atoms with van der Waals surface area (Å²) in [5, 5.41) is 1.83. The minimum absolute atomic E-state index is 0.0793. The van der Waals surface area contributed by atoms with Crippen LogP contribution in [0.1, 0.15) is 19.8 Å². The van der Waals surface area contributed by atoms with Crippen molar-refractivity contribution in [1.82, 2.24) is 10.4 Å². The van der Waals surface area contributed by atoms with Crippen molar-refractivity contribution in [1.29, 1.82) is 0 Å². The number of rotatable bonds is 2. The summed E-state index contributed by atoms with van der Waals surface area (Å²) in [6.45, 7) is 3.75. The molecule has 0 aromatic heterocycles. The third-order valence-electron chi connectivity index (χ3n) is 2.08. The minimum Gasteiger partial charge on any atom is -0.277 e. The zero-order valence-corrected chi connectivity index (χ0v) is 8.49. The van der Waals surface area contributed by atoms with Crippen molar-refractivity contribution in [3.05, 3.63) is 0 Å². The molecule has 1 rings (SSSR count). The second-order valence-corrected chi connectivity index (χ2v) is 4.16. The van der Waals surface area contributed by atoms with Gasteiger partial charge in [-0.3, -0.25) is 9.80 Å². The summed E-state index contributed by atoms with van der Waals surface area (Å²) in [6, 6.07) is 0. The normalized spacial score (nSPS) is 20.7. The number of amides is 1. The van der Waals surface area contributed by atoms with E-state index in [0.29, 0.717) is 0 Å². The van der Waals surface area contributed by atoms with Crippen molar-refractivity contribution in [2.45, 2.75) is 25.0 Å². The van der Waals surface area contributed by atoms with Crippen LogP contribution in [0.25, 0.3) is 0 Å². The molecule has 1 fully saturated rings. The fourth-order valence-electron chi connectivity index (χ4n) is 1.20. The van der Waals surface area contributed by atoms with E-state index < -0.39 is 0 Å². The van der Waals surface area contributed by atoms with Crippen molar-refractivity contribution in [3.8, 4) is 0 Å². The molecule has 1 aliphatic heterocycles. The summed E-state index contributed by atoms with van der Waals surface area (Å²) in [5.41, 5.74) is 3.10. The van der Waals surface area contributed by atoms with E-state index in [1.54, 1.807) is 16.8 Å². The van der Waals surface area contributed by atoms with E-state index in [9.17, 15) is 4.79 Å². The lowest BCUT2D eigenvalue weighted by molar-refractivity contribution is -0.134. The number of carbonyl (C=O) groups excluding carboxylic acids is 1. The Morgan fingerprint density at radius 2 is 2.33 bits per heavy atom. The van der Waals surface area contributed by atoms with Gasteiger partial charge in [-0.1, -0.05) is 0 Å². The van der Waals surface area contributed by atoms with Crippen LogP contribution in [0.2, 0.25) is 0 Å². The van der Waals surface area contributed by atoms with Crippen LogP contribution in [-0.4, -0.2) is 35.5 Å². The molecule has 1 heterocycles. The zero-order chi connectivity index (χ0) is 8.97. The average molecular weight is 188 g/mol. The Morgan fingerprint density at radius 1 is 1.58 bits per heavy atom. The molecule has 1 saturated heterocycles. The monoisotopic (exact) mass is 188 g/mol. The Kier molecular flexibility index (Phi) is 3.88. The first kappa shape index (κ1) is 9.86. The molecule has 1 amide bonds. The molecular weight excluding hydrogens is 172 g/mol. The highest BCUT2D eigenvalue weighted by molar-refractivity contribution is 7.99. The minimum atomic E-state index is 0.0793. The predicted molar refractivity (Wildman–Crippen MR) is 51.9 cm³/mol. The Labute approximate surface area is 77.9 Å². The molecule has 0 radical (unpaired) electrons. The van der Waals surface area contributed by atoms with Gasteiger partial charge in [-0.05, 0) is 26.0 Å². The van der Waals surface area contributed by atoms with E-state index in [1.165, 1.54) is 6.42 Å². The Balaban J connectivity index is 2.39. The molecule has 4 heteroatoms. The first-order valence-electron chi connectivity index (χ1n) is 4.33. The Morgan fingerprint density at radius 3 is 2.83 bits per heavy atom. The summed E-state index contributed by atoms with van der Waals surface area (Å²) in [7, 11) is 0. The smallest absolute Gasteiger partial charge is 0.249 e. The van der Waals surface area contributed by atoms with Gasteiger partial charge in [0.25, 0.3) is 0 Å². The van der Waals surface area contributed by atoms with Crippen LogP contribution in [0.3, 0.4) is 0 Å². The topological polar surface area (TPSA) is 32.3 Å². The lowest BCUT2D eigenvalue weighted by Gasteiger charge is -2.29. The van der Waals surface area contributed by atoms with Crippen molar-refractivity contribution in [2.24, 2.45) is 0 Å². The number of hydrogen-bond donors (Lipinski definition) is 1. The standard InChI is InChI=1S/C8H16N2OS/c1-7(12-2)8(11)10-6-4-3-5-9-10/h7,9H,3-6H2,1-2H3. The molecule has 0 saturated carbocycles. The molecule has 3 nitrogen and oxygen atoms in total. The first-order valence-corrected chi connectivity index (χ1v) is 5.62. The van der Waals surface area contributed by atoms with Gasteiger partial charge in [0.05, 0.1) is 5.25 Å². The van der Waals surface area contributed by atoms with Crippen LogP contribution >= 0.6 is 11.8 Å². The van der Waals surface area contributed by atoms with E-state index in [4.69, 9.17) is 0 Å². The highest BCUT2D eigenvalue weighted by atomic mass is 32.2.